The van der Waals surface area contributed by atoms with Gasteiger partial charge in [0.1, 0.15) is 0 Å². The van der Waals surface area contributed by atoms with Gasteiger partial charge in [-0.15, -0.1) is 0 Å². The average Bonchev–Trinajstić information content (AvgIpc) is 2.69. The van der Waals surface area contributed by atoms with Crippen molar-refractivity contribution in [3.63, 3.8) is 0 Å². The first-order valence-electron chi connectivity index (χ1n) is 5.43. The van der Waals surface area contributed by atoms with Crippen LogP contribution >= 0.6 is 0 Å². The van der Waals surface area contributed by atoms with Gasteiger partial charge in [0.05, 0.1) is 0 Å². The summed E-state index contributed by atoms with van der Waals surface area (Å²) in [5, 5.41) is 1.23. The molecule has 2 aromatic carbocycles. The van der Waals surface area contributed by atoms with Gasteiger partial charge in [-0.25, -0.2) is 0 Å². The fourth-order valence-corrected chi connectivity index (χ4v) is 2.87. The molecule has 0 amide bonds. The normalized spacial score (nSPS) is 11.0. The Morgan fingerprint density at radius 1 is 0.882 bits per heavy atom. The van der Waals surface area contributed by atoms with Gasteiger partial charge in [-0.05, 0) is 0 Å². The Hall–Kier alpha value is -1.47. The van der Waals surface area contributed by atoms with E-state index in [2.05, 4.69) is 29.2 Å². The van der Waals surface area contributed by atoms with E-state index in [0.29, 0.717) is 0 Å². The fourth-order valence-electron chi connectivity index (χ4n) is 2.01. The van der Waals surface area contributed by atoms with Crippen LogP contribution in [0.1, 0.15) is 0 Å². The topological polar surface area (TPSA) is 15.8 Å². The summed E-state index contributed by atoms with van der Waals surface area (Å²) < 4.78 is 14.1. The van der Waals surface area contributed by atoms with Gasteiger partial charge in [-0.3, -0.25) is 0 Å². The van der Waals surface area contributed by atoms with Gasteiger partial charge in [0.2, 0.25) is 0 Å². The molecule has 0 aliphatic carbocycles. The van der Waals surface area contributed by atoms with Gasteiger partial charge in [-0.1, -0.05) is 0 Å². The van der Waals surface area contributed by atoms with E-state index in [9.17, 15) is 4.39 Å². The third kappa shape index (κ3) is 2.03. The first-order valence-corrected chi connectivity index (χ1v) is 6.91. The minimum absolute atomic E-state index is 0.198. The third-order valence-corrected chi connectivity index (χ3v) is 3.65. The number of aromatic amines is 1. The summed E-state index contributed by atoms with van der Waals surface area (Å²) in [6, 6.07) is 15.1. The molecule has 0 spiro atoms. The van der Waals surface area contributed by atoms with Crippen LogP contribution in [-0.4, -0.2) is 4.98 Å². The Kier molecular flexibility index (Phi) is 2.56. The summed E-state index contributed by atoms with van der Waals surface area (Å²) in [4.78, 5) is 3.36. The van der Waals surface area contributed by atoms with Crippen LogP contribution in [0.3, 0.4) is 0 Å². The Balaban J connectivity index is 2.13. The maximum atomic E-state index is 12.9. The molecule has 1 aromatic heterocycles. The zero-order valence-corrected chi connectivity index (χ0v) is 12.2. The number of H-pyrrole nitrogens is 1. The monoisotopic (exact) mass is 274 g/mol. The molecule has 0 bridgehead atoms. The summed E-state index contributed by atoms with van der Waals surface area (Å²) in [6.45, 7) is 0. The molecule has 3 aromatic rings. The molecule has 0 radical (unpaired) electrons. The van der Waals surface area contributed by atoms with Gasteiger partial charge in [0.25, 0.3) is 0 Å². The van der Waals surface area contributed by atoms with E-state index in [-0.39, 0.29) is 5.82 Å². The van der Waals surface area contributed by atoms with Crippen molar-refractivity contribution >= 4 is 15.2 Å². The molecular weight excluding hydrogens is 267 g/mol. The summed E-state index contributed by atoms with van der Waals surface area (Å²) in [5.41, 5.74) is 3.30. The molecule has 0 fully saturated rings. The summed E-state index contributed by atoms with van der Waals surface area (Å²) >= 11 is 1.13. The van der Waals surface area contributed by atoms with E-state index in [1.807, 2.05) is 0 Å². The van der Waals surface area contributed by atoms with Crippen molar-refractivity contribution in [2.75, 3.05) is 0 Å². The van der Waals surface area contributed by atoms with Crippen molar-refractivity contribution < 1.29 is 22.7 Å². The first kappa shape index (κ1) is 10.7. The maximum absolute atomic E-state index is 12.9. The van der Waals surface area contributed by atoms with Gasteiger partial charge >= 0.3 is 108 Å². The van der Waals surface area contributed by atoms with Crippen LogP contribution in [0, 0.1) is 5.82 Å². The molecule has 3 rings (SSSR count). The van der Waals surface area contributed by atoms with Gasteiger partial charge < -0.3 is 0 Å². The van der Waals surface area contributed by atoms with Crippen molar-refractivity contribution in [3.8, 4) is 11.1 Å². The Labute approximate surface area is 108 Å². The van der Waals surface area contributed by atoms with Crippen molar-refractivity contribution in [3.05, 3.63) is 54.3 Å². The second-order valence-electron chi connectivity index (χ2n) is 4.10. The van der Waals surface area contributed by atoms with Crippen molar-refractivity contribution in [2.45, 2.75) is 0 Å². The fraction of sp³-hybridized carbons (Fsp3) is 0. The van der Waals surface area contributed by atoms with Gasteiger partial charge in [-0.2, -0.15) is 0 Å². The Morgan fingerprint density at radius 2 is 1.59 bits per heavy atom. The predicted molar refractivity (Wildman–Crippen MR) is 63.3 cm³/mol. The van der Waals surface area contributed by atoms with Crippen LogP contribution < -0.4 is 4.29 Å². The summed E-state index contributed by atoms with van der Waals surface area (Å²) in [5.74, 6) is -0.198. The number of aromatic nitrogens is 1. The number of hydrogen-bond acceptors (Lipinski definition) is 0. The van der Waals surface area contributed by atoms with E-state index in [4.69, 9.17) is 0 Å². The molecule has 0 aliphatic rings. The molecule has 17 heavy (non-hydrogen) atoms. The zero-order valence-electron chi connectivity index (χ0n) is 9.20. The minimum atomic E-state index is -0.198. The number of benzene rings is 2. The Bertz CT molecular complexity index is 670. The first-order chi connectivity index (χ1) is 8.22. The number of nitrogens with one attached hydrogen (secondary N) is 1. The van der Waals surface area contributed by atoms with Gasteiger partial charge in [0.15, 0.2) is 0 Å². The van der Waals surface area contributed by atoms with Crippen LogP contribution in [0.2, 0.25) is 0 Å². The molecule has 0 atom stereocenters. The van der Waals surface area contributed by atoms with E-state index in [0.717, 1.165) is 34.9 Å². The quantitative estimate of drug-likeness (QED) is 0.657. The number of rotatable bonds is 1. The molecule has 0 unspecified atom stereocenters. The predicted octanol–water partition coefficient (Wildman–Crippen LogP) is 3.15. The molecule has 79 valence electrons. The van der Waals surface area contributed by atoms with Crippen LogP contribution in [0.15, 0.2) is 48.5 Å². The molecule has 0 saturated heterocycles. The Morgan fingerprint density at radius 3 is 2.35 bits per heavy atom. The van der Waals surface area contributed by atoms with Crippen molar-refractivity contribution in [2.24, 2.45) is 0 Å². The average molecular weight is 276 g/mol. The molecule has 0 saturated carbocycles. The van der Waals surface area contributed by atoms with Crippen molar-refractivity contribution in [1.82, 2.24) is 4.98 Å². The summed E-state index contributed by atoms with van der Waals surface area (Å²) in [6.07, 6.45) is 0. The van der Waals surface area contributed by atoms with E-state index in [1.54, 1.807) is 12.1 Å². The van der Waals surface area contributed by atoms with E-state index in [1.165, 1.54) is 21.8 Å². The molecule has 3 heteroatoms. The number of halogens is 1. The van der Waals surface area contributed by atoms with Gasteiger partial charge in [0, 0.05) is 0 Å². The molecule has 1 N–H and O–H groups in total. The third-order valence-electron chi connectivity index (χ3n) is 2.86. The van der Waals surface area contributed by atoms with Crippen LogP contribution in [0.5, 0.6) is 0 Å². The van der Waals surface area contributed by atoms with E-state index < -0.39 is 0 Å². The SMILES string of the molecule is Fc1ccc(-c2ccc3c[c]([Zn])[nH]c3c2)cc1. The second-order valence-corrected chi connectivity index (χ2v) is 5.70. The van der Waals surface area contributed by atoms with Crippen LogP contribution in [0.25, 0.3) is 22.0 Å². The standard InChI is InChI=1S/C14H9FN.Zn/c15-13-5-3-10(4-6-13)12-2-1-11-7-8-16-14(11)9-12;/h1-7,9,16H;. The molecule has 1 nitrogen and oxygen atoms in total. The van der Waals surface area contributed by atoms with Crippen molar-refractivity contribution in [1.29, 1.82) is 0 Å². The van der Waals surface area contributed by atoms with Crippen LogP contribution in [0.4, 0.5) is 4.39 Å². The molecular formula is C14H9FNZn. The van der Waals surface area contributed by atoms with Crippen LogP contribution in [-0.2, 0) is 18.3 Å². The number of hydrogen-bond donors (Lipinski definition) is 1. The molecule has 1 heterocycles. The second kappa shape index (κ2) is 4.08. The summed E-state index contributed by atoms with van der Waals surface area (Å²) in [7, 11) is 0. The zero-order chi connectivity index (χ0) is 11.8. The van der Waals surface area contributed by atoms with E-state index >= 15 is 0 Å². The molecule has 0 aliphatic heterocycles. The number of fused-ring (bicyclic) bond motifs is 1.